The molecule has 3 aliphatic heterocycles. The van der Waals surface area contributed by atoms with Crippen LogP contribution in [0.25, 0.3) is 0 Å². The Labute approximate surface area is 243 Å². The highest BCUT2D eigenvalue weighted by Gasteiger charge is 2.55. The van der Waals surface area contributed by atoms with E-state index in [9.17, 15) is 70.9 Å². The summed E-state index contributed by atoms with van der Waals surface area (Å²) in [6.07, 6.45) is -27.5. The van der Waals surface area contributed by atoms with Crippen LogP contribution < -0.4 is 10.4 Å². The van der Waals surface area contributed by atoms with Crippen molar-refractivity contribution in [3.05, 3.63) is 0 Å². The molecule has 0 radical (unpaired) electrons. The standard InChI is InChI=1S/C23H39NO19/c1-6(27)24-11-7(28)2-23(22(37)38,43-19(11)12(30)8(29)3-25)39-5-10-18(15(33)16(34)20(36)40-10)42-21-17(35)14(32)13(31)9(4-26)41-21/h7-21,25-26,28-36H,2-5H2,1H3,(H,24,27)(H,37,38)/p-1. The van der Waals surface area contributed by atoms with Crippen LogP contribution in [-0.4, -0.2) is 186 Å². The maximum Gasteiger partial charge on any atom is 0.217 e. The minimum absolute atomic E-state index is 0.740. The van der Waals surface area contributed by atoms with Crippen molar-refractivity contribution in [2.24, 2.45) is 0 Å². The van der Waals surface area contributed by atoms with Crippen LogP contribution in [0.4, 0.5) is 0 Å². The number of carboxylic acid groups (broad SMARTS) is 1. The molecular weight excluding hydrogens is 594 g/mol. The predicted octanol–water partition coefficient (Wildman–Crippen LogP) is -9.56. The number of rotatable bonds is 11. The lowest BCUT2D eigenvalue weighted by Gasteiger charge is -2.50. The second kappa shape index (κ2) is 14.6. The molecule has 20 nitrogen and oxygen atoms in total. The van der Waals surface area contributed by atoms with Crippen LogP contribution in [0.3, 0.4) is 0 Å². The highest BCUT2D eigenvalue weighted by molar-refractivity contribution is 5.75. The van der Waals surface area contributed by atoms with E-state index in [1.165, 1.54) is 0 Å². The molecule has 16 atom stereocenters. The highest BCUT2D eigenvalue weighted by atomic mass is 16.8. The zero-order valence-electron chi connectivity index (χ0n) is 22.7. The first kappa shape index (κ1) is 35.8. The van der Waals surface area contributed by atoms with Crippen molar-refractivity contribution in [3.8, 4) is 0 Å². The lowest BCUT2D eigenvalue weighted by Crippen LogP contribution is -2.70. The molecule has 0 saturated carbocycles. The van der Waals surface area contributed by atoms with Gasteiger partial charge in [-0.15, -0.1) is 0 Å². The number of hydrogen-bond acceptors (Lipinski definition) is 19. The van der Waals surface area contributed by atoms with Crippen molar-refractivity contribution >= 4 is 11.9 Å². The molecule has 1 amide bonds. The molecule has 16 unspecified atom stereocenters. The quantitative estimate of drug-likeness (QED) is 0.101. The number of aliphatic carboxylic acids is 1. The van der Waals surface area contributed by atoms with Crippen LogP contribution in [0.15, 0.2) is 0 Å². The van der Waals surface area contributed by atoms with Gasteiger partial charge in [0.2, 0.25) is 11.7 Å². The molecule has 0 spiro atoms. The number of aliphatic hydroxyl groups is 11. The molecule has 0 aromatic carbocycles. The number of nitrogens with one attached hydrogen (secondary N) is 1. The number of carbonyl (C=O) groups excluding carboxylic acids is 2. The third-order valence-corrected chi connectivity index (χ3v) is 7.45. The van der Waals surface area contributed by atoms with Crippen LogP contribution >= 0.6 is 0 Å². The van der Waals surface area contributed by atoms with Gasteiger partial charge >= 0.3 is 0 Å². The van der Waals surface area contributed by atoms with Gasteiger partial charge in [-0.25, -0.2) is 0 Å². The maximum atomic E-state index is 12.3. The molecule has 3 saturated heterocycles. The fraction of sp³-hybridized carbons (Fsp3) is 0.913. The molecule has 3 heterocycles. The summed E-state index contributed by atoms with van der Waals surface area (Å²) in [7, 11) is 0. The monoisotopic (exact) mass is 632 g/mol. The molecule has 3 aliphatic rings. The molecule has 0 aliphatic carbocycles. The number of carbonyl (C=O) groups is 2. The summed E-state index contributed by atoms with van der Waals surface area (Å²) in [6.45, 7) is -1.85. The number of hydrogen-bond donors (Lipinski definition) is 12. The fourth-order valence-electron chi connectivity index (χ4n) is 5.04. The van der Waals surface area contributed by atoms with E-state index in [0.29, 0.717) is 0 Å². The Hall–Kier alpha value is -1.70. The molecule has 3 fully saturated rings. The van der Waals surface area contributed by atoms with Crippen LogP contribution in [0.5, 0.6) is 0 Å². The molecule has 0 aromatic rings. The maximum absolute atomic E-state index is 12.3. The van der Waals surface area contributed by atoms with Crippen LogP contribution in [-0.2, 0) is 33.3 Å². The first-order valence-corrected chi connectivity index (χ1v) is 13.2. The Balaban J connectivity index is 1.87. The summed E-state index contributed by atoms with van der Waals surface area (Å²) in [5.41, 5.74) is 0. The van der Waals surface area contributed by atoms with Gasteiger partial charge < -0.3 is 95.1 Å². The second-order valence-electron chi connectivity index (χ2n) is 10.5. The van der Waals surface area contributed by atoms with Gasteiger partial charge in [0.1, 0.15) is 73.1 Å². The SMILES string of the molecule is CC(=O)NC1C(O)CC(OCC2OC(O)C(O)C(O)C2OC2OC(CO)C(O)C(O)C2O)(C(=O)[O-])OC1C(O)C(O)CO. The fourth-order valence-corrected chi connectivity index (χ4v) is 5.04. The zero-order valence-corrected chi connectivity index (χ0v) is 22.7. The van der Waals surface area contributed by atoms with E-state index in [2.05, 4.69) is 5.32 Å². The van der Waals surface area contributed by atoms with Gasteiger partial charge in [0.05, 0.1) is 32.0 Å². The number of ether oxygens (including phenoxy) is 5. The van der Waals surface area contributed by atoms with Crippen molar-refractivity contribution in [2.45, 2.75) is 111 Å². The molecule has 0 aromatic heterocycles. The summed E-state index contributed by atoms with van der Waals surface area (Å²) >= 11 is 0. The summed E-state index contributed by atoms with van der Waals surface area (Å²) in [5.74, 6) is -5.83. The van der Waals surface area contributed by atoms with Gasteiger partial charge in [-0.05, 0) is 0 Å². The molecule has 0 bridgehead atoms. The molecule has 3 rings (SSSR count). The van der Waals surface area contributed by atoms with Crippen LogP contribution in [0, 0.1) is 0 Å². The van der Waals surface area contributed by atoms with Gasteiger partial charge in [0.15, 0.2) is 12.6 Å². The molecule has 43 heavy (non-hydrogen) atoms. The lowest BCUT2D eigenvalue weighted by molar-refractivity contribution is -0.392. The first-order valence-electron chi connectivity index (χ1n) is 13.2. The molecule has 20 heteroatoms. The van der Waals surface area contributed by atoms with Crippen molar-refractivity contribution in [3.63, 3.8) is 0 Å². The lowest BCUT2D eigenvalue weighted by atomic mass is 9.88. The van der Waals surface area contributed by atoms with E-state index in [0.717, 1.165) is 6.92 Å². The van der Waals surface area contributed by atoms with Crippen molar-refractivity contribution in [1.29, 1.82) is 0 Å². The molecule has 250 valence electrons. The van der Waals surface area contributed by atoms with E-state index < -0.39 is 136 Å². The third-order valence-electron chi connectivity index (χ3n) is 7.45. The third kappa shape index (κ3) is 7.58. The Bertz CT molecular complexity index is 942. The largest absolute Gasteiger partial charge is 0.544 e. The smallest absolute Gasteiger partial charge is 0.217 e. The molecular formula is C23H38NO19-. The Morgan fingerprint density at radius 2 is 1.60 bits per heavy atom. The van der Waals surface area contributed by atoms with E-state index in [1.54, 1.807) is 0 Å². The normalized spacial score (nSPS) is 45.3. The Kier molecular flexibility index (Phi) is 12.1. The number of carboxylic acids is 1. The van der Waals surface area contributed by atoms with Gasteiger partial charge in [-0.1, -0.05) is 0 Å². The second-order valence-corrected chi connectivity index (χ2v) is 10.5. The minimum atomic E-state index is -2.96. The first-order chi connectivity index (χ1) is 20.1. The van der Waals surface area contributed by atoms with Crippen molar-refractivity contribution in [2.75, 3.05) is 19.8 Å². The van der Waals surface area contributed by atoms with Gasteiger partial charge in [0.25, 0.3) is 0 Å². The topological polar surface area (TPSA) is 338 Å². The van der Waals surface area contributed by atoms with Gasteiger partial charge in [0, 0.05) is 13.3 Å². The summed E-state index contributed by atoms with van der Waals surface area (Å²) in [4.78, 5) is 24.0. The highest BCUT2D eigenvalue weighted by Crippen LogP contribution is 2.35. The van der Waals surface area contributed by atoms with E-state index >= 15 is 0 Å². The summed E-state index contributed by atoms with van der Waals surface area (Å²) < 4.78 is 26.7. The molecule has 12 N–H and O–H groups in total. The number of aliphatic hydroxyl groups excluding tert-OH is 11. The average molecular weight is 633 g/mol. The van der Waals surface area contributed by atoms with Crippen molar-refractivity contribution < 1.29 is 94.6 Å². The van der Waals surface area contributed by atoms with Crippen LogP contribution in [0.1, 0.15) is 13.3 Å². The summed E-state index contributed by atoms with van der Waals surface area (Å²) in [5, 5.41) is 126. The van der Waals surface area contributed by atoms with E-state index in [1.807, 2.05) is 0 Å². The Morgan fingerprint density at radius 3 is 2.16 bits per heavy atom. The van der Waals surface area contributed by atoms with Gasteiger partial charge in [-0.2, -0.15) is 0 Å². The van der Waals surface area contributed by atoms with Crippen molar-refractivity contribution in [1.82, 2.24) is 5.32 Å². The van der Waals surface area contributed by atoms with Gasteiger partial charge in [-0.3, -0.25) is 4.79 Å². The van der Waals surface area contributed by atoms with Crippen LogP contribution in [0.2, 0.25) is 0 Å². The predicted molar refractivity (Wildman–Crippen MR) is 127 cm³/mol. The minimum Gasteiger partial charge on any atom is -0.544 e. The summed E-state index contributed by atoms with van der Waals surface area (Å²) in [6, 6.07) is -1.52. The zero-order chi connectivity index (χ0) is 32.4. The Morgan fingerprint density at radius 1 is 0.953 bits per heavy atom. The average Bonchev–Trinajstić information content (AvgIpc) is 2.96. The number of amides is 1. The van der Waals surface area contributed by atoms with E-state index in [-0.39, 0.29) is 0 Å². The van der Waals surface area contributed by atoms with E-state index in [4.69, 9.17) is 23.7 Å².